The summed E-state index contributed by atoms with van der Waals surface area (Å²) < 4.78 is 5.66. The molecule has 20 heavy (non-hydrogen) atoms. The number of hydrogen-bond acceptors (Lipinski definition) is 5. The third kappa shape index (κ3) is 2.57. The summed E-state index contributed by atoms with van der Waals surface area (Å²) in [5.41, 5.74) is -2.51. The molecule has 108 valence electrons. The van der Waals surface area contributed by atoms with Gasteiger partial charge in [0.1, 0.15) is 17.0 Å². The Kier molecular flexibility index (Phi) is 3.17. The number of carboxylic acids is 1. The van der Waals surface area contributed by atoms with Crippen molar-refractivity contribution in [2.45, 2.75) is 37.9 Å². The highest BCUT2D eigenvalue weighted by atomic mass is 16.6. The largest absolute Gasteiger partial charge is 0.487 e. The highest BCUT2D eigenvalue weighted by molar-refractivity contribution is 5.69. The molecule has 1 heterocycles. The van der Waals surface area contributed by atoms with E-state index in [4.69, 9.17) is 9.84 Å². The maximum Gasteiger partial charge on any atom is 0.306 e. The van der Waals surface area contributed by atoms with E-state index < -0.39 is 28.5 Å². The maximum atomic E-state index is 11.0. The summed E-state index contributed by atoms with van der Waals surface area (Å²) in [6.07, 6.45) is -0.492. The first-order valence-electron chi connectivity index (χ1n) is 6.05. The molecule has 1 aliphatic rings. The molecule has 0 spiro atoms. The molecular weight excluding hydrogens is 266 g/mol. The summed E-state index contributed by atoms with van der Waals surface area (Å²) in [7, 11) is 0. The van der Waals surface area contributed by atoms with Gasteiger partial charge in [0, 0.05) is 24.1 Å². The molecule has 0 radical (unpaired) electrons. The topological polar surface area (TPSA) is 110 Å². The van der Waals surface area contributed by atoms with Gasteiger partial charge in [0.15, 0.2) is 0 Å². The number of hydrogen-bond donors (Lipinski definition) is 2. The smallest absolute Gasteiger partial charge is 0.306 e. The predicted molar refractivity (Wildman–Crippen MR) is 68.6 cm³/mol. The number of nitro benzene ring substituents is 1. The van der Waals surface area contributed by atoms with Gasteiger partial charge in [0.2, 0.25) is 0 Å². The van der Waals surface area contributed by atoms with Gasteiger partial charge in [-0.1, -0.05) is 0 Å². The maximum absolute atomic E-state index is 11.0. The number of rotatable bonds is 3. The summed E-state index contributed by atoms with van der Waals surface area (Å²) in [5, 5.41) is 30.4. The third-order valence-corrected chi connectivity index (χ3v) is 3.22. The van der Waals surface area contributed by atoms with Gasteiger partial charge in [-0.2, -0.15) is 0 Å². The molecule has 2 rings (SSSR count). The zero-order chi connectivity index (χ0) is 15.1. The Hall–Kier alpha value is -2.15. The molecule has 7 heteroatoms. The molecule has 0 fully saturated rings. The molecule has 1 aliphatic heterocycles. The van der Waals surface area contributed by atoms with Gasteiger partial charge in [-0.15, -0.1) is 0 Å². The fourth-order valence-corrected chi connectivity index (χ4v) is 2.63. The first-order valence-corrected chi connectivity index (χ1v) is 6.05. The van der Waals surface area contributed by atoms with Gasteiger partial charge in [-0.25, -0.2) is 0 Å². The second kappa shape index (κ2) is 4.45. The molecule has 0 amide bonds. The molecule has 7 nitrogen and oxygen atoms in total. The molecule has 1 atom stereocenters. The van der Waals surface area contributed by atoms with E-state index in [-0.39, 0.29) is 23.4 Å². The molecule has 0 aromatic heterocycles. The Morgan fingerprint density at radius 3 is 2.70 bits per heavy atom. The number of benzene rings is 1. The summed E-state index contributed by atoms with van der Waals surface area (Å²) in [4.78, 5) is 21.2. The van der Waals surface area contributed by atoms with Crippen LogP contribution in [-0.4, -0.2) is 26.7 Å². The molecule has 0 saturated heterocycles. The minimum atomic E-state index is -1.69. The van der Waals surface area contributed by atoms with Gasteiger partial charge in [0.25, 0.3) is 5.69 Å². The second-order valence-electron chi connectivity index (χ2n) is 5.58. The first kappa shape index (κ1) is 14.3. The second-order valence-corrected chi connectivity index (χ2v) is 5.58. The molecule has 2 N–H and O–H groups in total. The highest BCUT2D eigenvalue weighted by Gasteiger charge is 2.46. The lowest BCUT2D eigenvalue weighted by atomic mass is 9.78. The standard InChI is InChI=1S/C13H15NO6/c1-12(2)7-13(17,6-11(15)16)9-5-8(14(18)19)3-4-10(9)20-12/h3-5,17H,6-7H2,1-2H3,(H,15,16)/t13-/m0/s1. The lowest BCUT2D eigenvalue weighted by Gasteiger charge is -2.42. The van der Waals surface area contributed by atoms with E-state index in [1.807, 2.05) is 0 Å². The van der Waals surface area contributed by atoms with Crippen LogP contribution in [0.5, 0.6) is 5.75 Å². The van der Waals surface area contributed by atoms with E-state index >= 15 is 0 Å². The van der Waals surface area contributed by atoms with Crippen molar-refractivity contribution in [2.24, 2.45) is 0 Å². The molecular formula is C13H15NO6. The molecule has 0 unspecified atom stereocenters. The number of carbonyl (C=O) groups is 1. The number of aliphatic hydroxyl groups is 1. The Labute approximate surface area is 114 Å². The quantitative estimate of drug-likeness (QED) is 0.646. The number of fused-ring (bicyclic) bond motifs is 1. The number of ether oxygens (including phenoxy) is 1. The van der Waals surface area contributed by atoms with Crippen molar-refractivity contribution in [3.8, 4) is 5.75 Å². The average Bonchev–Trinajstić information content (AvgIpc) is 2.24. The van der Waals surface area contributed by atoms with Gasteiger partial charge in [-0.3, -0.25) is 14.9 Å². The summed E-state index contributed by atoms with van der Waals surface area (Å²) in [6.45, 7) is 3.45. The van der Waals surface area contributed by atoms with Crippen LogP contribution in [-0.2, 0) is 10.4 Å². The molecule has 0 aliphatic carbocycles. The fraction of sp³-hybridized carbons (Fsp3) is 0.462. The van der Waals surface area contributed by atoms with Crippen molar-refractivity contribution in [1.82, 2.24) is 0 Å². The SMILES string of the molecule is CC1(C)C[C@@](O)(CC(=O)O)c2cc([N+](=O)[O-])ccc2O1. The fourth-order valence-electron chi connectivity index (χ4n) is 2.63. The zero-order valence-electron chi connectivity index (χ0n) is 11.1. The number of non-ortho nitro benzene ring substituents is 1. The van der Waals surface area contributed by atoms with Gasteiger partial charge in [-0.05, 0) is 19.9 Å². The van der Waals surface area contributed by atoms with Crippen molar-refractivity contribution < 1.29 is 24.7 Å². The predicted octanol–water partition coefficient (Wildman–Crippen LogP) is 1.82. The third-order valence-electron chi connectivity index (χ3n) is 3.22. The van der Waals surface area contributed by atoms with Crippen molar-refractivity contribution in [3.05, 3.63) is 33.9 Å². The minimum Gasteiger partial charge on any atom is -0.487 e. The zero-order valence-corrected chi connectivity index (χ0v) is 11.1. The van der Waals surface area contributed by atoms with Crippen LogP contribution in [0.4, 0.5) is 5.69 Å². The summed E-state index contributed by atoms with van der Waals surface area (Å²) in [6, 6.07) is 3.83. The van der Waals surface area contributed by atoms with Crippen LogP contribution >= 0.6 is 0 Å². The van der Waals surface area contributed by atoms with Crippen molar-refractivity contribution in [2.75, 3.05) is 0 Å². The van der Waals surface area contributed by atoms with Crippen LogP contribution in [0.25, 0.3) is 0 Å². The Morgan fingerprint density at radius 1 is 1.50 bits per heavy atom. The van der Waals surface area contributed by atoms with Crippen LogP contribution in [0.15, 0.2) is 18.2 Å². The molecule has 0 bridgehead atoms. The van der Waals surface area contributed by atoms with Gasteiger partial charge < -0.3 is 14.9 Å². The van der Waals surface area contributed by atoms with E-state index in [1.165, 1.54) is 18.2 Å². The number of aliphatic carboxylic acids is 1. The van der Waals surface area contributed by atoms with Crippen LogP contribution in [0.3, 0.4) is 0 Å². The minimum absolute atomic E-state index is 0.0421. The van der Waals surface area contributed by atoms with Crippen LogP contribution in [0.2, 0.25) is 0 Å². The molecule has 0 saturated carbocycles. The molecule has 1 aromatic rings. The van der Waals surface area contributed by atoms with Crippen molar-refractivity contribution in [1.29, 1.82) is 0 Å². The van der Waals surface area contributed by atoms with E-state index in [9.17, 15) is 20.0 Å². The van der Waals surface area contributed by atoms with E-state index in [0.717, 1.165) is 0 Å². The van der Waals surface area contributed by atoms with E-state index in [1.54, 1.807) is 13.8 Å². The average molecular weight is 281 g/mol. The van der Waals surface area contributed by atoms with Gasteiger partial charge in [0.05, 0.1) is 11.3 Å². The van der Waals surface area contributed by atoms with E-state index in [0.29, 0.717) is 0 Å². The van der Waals surface area contributed by atoms with Crippen LogP contribution in [0, 0.1) is 10.1 Å². The lowest BCUT2D eigenvalue weighted by Crippen LogP contribution is -2.45. The number of nitrogens with zero attached hydrogens (tertiary/aromatic N) is 1. The first-order chi connectivity index (χ1) is 9.13. The van der Waals surface area contributed by atoms with Crippen LogP contribution < -0.4 is 4.74 Å². The van der Waals surface area contributed by atoms with Crippen molar-refractivity contribution >= 4 is 11.7 Å². The van der Waals surface area contributed by atoms with Crippen LogP contribution in [0.1, 0.15) is 32.3 Å². The monoisotopic (exact) mass is 281 g/mol. The normalized spacial score (nSPS) is 23.6. The van der Waals surface area contributed by atoms with Crippen molar-refractivity contribution in [3.63, 3.8) is 0 Å². The van der Waals surface area contributed by atoms with E-state index in [2.05, 4.69) is 0 Å². The summed E-state index contributed by atoms with van der Waals surface area (Å²) >= 11 is 0. The Morgan fingerprint density at radius 2 is 2.15 bits per heavy atom. The lowest BCUT2D eigenvalue weighted by molar-refractivity contribution is -0.385. The van der Waals surface area contributed by atoms with Gasteiger partial charge >= 0.3 is 5.97 Å². The Bertz CT molecular complexity index is 582. The highest BCUT2D eigenvalue weighted by Crippen LogP contribution is 2.46. The molecule has 1 aromatic carbocycles. The number of carboxylic acid groups (broad SMARTS) is 1. The summed E-state index contributed by atoms with van der Waals surface area (Å²) in [5.74, 6) is -0.904. The Balaban J connectivity index is 2.57. The number of nitro groups is 1.